The quantitative estimate of drug-likeness (QED) is 0.379. The van der Waals surface area contributed by atoms with Gasteiger partial charge in [0.15, 0.2) is 0 Å². The van der Waals surface area contributed by atoms with Crippen molar-refractivity contribution >= 4 is 32.7 Å². The number of aromatic nitrogens is 3. The smallest absolute Gasteiger partial charge is 0.219 e. The van der Waals surface area contributed by atoms with E-state index in [4.69, 9.17) is 7.48 Å². The van der Waals surface area contributed by atoms with E-state index in [0.29, 0.717) is 28.5 Å². The molecule has 1 N–H and O–H groups in total. The van der Waals surface area contributed by atoms with Gasteiger partial charge in [0.2, 0.25) is 5.88 Å². The molecule has 0 amide bonds. The lowest BCUT2D eigenvalue weighted by atomic mass is 10.1. The van der Waals surface area contributed by atoms with Crippen LogP contribution in [0.5, 0.6) is 17.4 Å². The molecular weight excluding hydrogens is 386 g/mol. The lowest BCUT2D eigenvalue weighted by molar-refractivity contribution is 0.460. The third kappa shape index (κ3) is 2.87. The van der Waals surface area contributed by atoms with Gasteiger partial charge in [0.1, 0.15) is 22.8 Å². The monoisotopic (exact) mass is 405 g/mol. The number of hydrogen-bond donors (Lipinski definition) is 1. The molecule has 31 heavy (non-hydrogen) atoms. The maximum atomic E-state index is 10.2. The van der Waals surface area contributed by atoms with Crippen LogP contribution in [-0.4, -0.2) is 19.6 Å². The third-order valence-electron chi connectivity index (χ3n) is 5.29. The minimum atomic E-state index is 0.0364. The highest BCUT2D eigenvalue weighted by Crippen LogP contribution is 2.35. The fourth-order valence-electron chi connectivity index (χ4n) is 3.92. The maximum absolute atomic E-state index is 10.2. The van der Waals surface area contributed by atoms with Gasteiger partial charge in [-0.25, -0.2) is 9.97 Å². The molecule has 0 fully saturated rings. The Hall–Kier alpha value is -4.38. The summed E-state index contributed by atoms with van der Waals surface area (Å²) in [5.74, 6) is 1.29. The van der Waals surface area contributed by atoms with Crippen LogP contribution in [0.4, 0.5) is 0 Å². The molecule has 0 aliphatic carbocycles. The lowest BCUT2D eigenvalue weighted by Crippen LogP contribution is -1.96. The van der Waals surface area contributed by atoms with Gasteiger partial charge in [0.05, 0.1) is 13.8 Å². The second-order valence-electron chi connectivity index (χ2n) is 7.17. The highest BCUT2D eigenvalue weighted by atomic mass is 16.5. The Bertz CT molecular complexity index is 1690. The van der Waals surface area contributed by atoms with Gasteiger partial charge in [0, 0.05) is 34.5 Å². The number of rotatable bonds is 3. The normalized spacial score (nSPS) is 12.3. The Kier molecular flexibility index (Phi) is 3.41. The van der Waals surface area contributed by atoms with Crippen LogP contribution in [0, 0.1) is 0 Å². The molecule has 0 bridgehead atoms. The van der Waals surface area contributed by atoms with Crippen molar-refractivity contribution in [2.45, 2.75) is 0 Å². The van der Waals surface area contributed by atoms with Crippen LogP contribution in [0.15, 0.2) is 97.1 Å². The van der Waals surface area contributed by atoms with Crippen LogP contribution in [0.25, 0.3) is 38.5 Å². The van der Waals surface area contributed by atoms with E-state index >= 15 is 0 Å². The second-order valence-corrected chi connectivity index (χ2v) is 7.17. The highest BCUT2D eigenvalue weighted by molar-refractivity contribution is 6.09. The van der Waals surface area contributed by atoms with E-state index < -0.39 is 0 Å². The van der Waals surface area contributed by atoms with Crippen molar-refractivity contribution < 1.29 is 12.6 Å². The number of phenolic OH excluding ortho intramolecular Hbond substituents is 1. The highest BCUT2D eigenvalue weighted by Gasteiger charge is 2.14. The Morgan fingerprint density at radius 3 is 2.71 bits per heavy atom. The Labute approximate surface area is 180 Å². The summed E-state index contributed by atoms with van der Waals surface area (Å²) in [6.45, 7) is 0. The third-order valence-corrected chi connectivity index (χ3v) is 5.29. The fraction of sp³-hybridized carbons (Fsp3) is 0. The summed E-state index contributed by atoms with van der Waals surface area (Å²) in [5, 5.41) is 12.9. The molecule has 6 rings (SSSR count). The number of fused-ring (bicyclic) bond motifs is 4. The number of hydrogen-bond acceptors (Lipinski definition) is 4. The van der Waals surface area contributed by atoms with E-state index in [1.54, 1.807) is 42.6 Å². The van der Waals surface area contributed by atoms with Gasteiger partial charge in [-0.05, 0) is 42.5 Å². The van der Waals surface area contributed by atoms with Crippen LogP contribution >= 0.6 is 0 Å². The van der Waals surface area contributed by atoms with E-state index in [1.807, 2.05) is 41.0 Å². The lowest BCUT2D eigenvalue weighted by Gasteiger charge is -2.09. The number of nitrogens with zero attached hydrogens (tertiary/aromatic N) is 3. The molecule has 0 spiro atoms. The Balaban J connectivity index is 1.54. The zero-order valence-electron chi connectivity index (χ0n) is 18.3. The van der Waals surface area contributed by atoms with Gasteiger partial charge in [0.25, 0.3) is 0 Å². The predicted octanol–water partition coefficient (Wildman–Crippen LogP) is 6.22. The van der Waals surface area contributed by atoms with E-state index in [-0.39, 0.29) is 17.7 Å². The molecule has 0 atom stereocenters. The molecule has 3 heterocycles. The maximum Gasteiger partial charge on any atom is 0.219 e. The molecule has 0 saturated heterocycles. The van der Waals surface area contributed by atoms with E-state index in [1.165, 1.54) is 0 Å². The number of aromatic hydroxyl groups is 1. The standard InChI is InChI=1S/C26H17N3O2/c30-23-9-5-6-17-11-14-25(28-26(17)23)31-18-12-13-20-19-7-1-2-8-21(19)29(22(20)16-18)24-10-3-4-15-27-24/h1-16,30H/i3D,14D. The average molecular weight is 405 g/mol. The van der Waals surface area contributed by atoms with Crippen molar-refractivity contribution in [2.24, 2.45) is 0 Å². The molecule has 0 unspecified atom stereocenters. The SMILES string of the molecule is [2H]c1ccnc(-n2c3ccccc3c3ccc(Oc4nc5c(O)cccc5cc4[2H])cc32)c1. The van der Waals surface area contributed by atoms with Crippen molar-refractivity contribution in [3.63, 3.8) is 0 Å². The van der Waals surface area contributed by atoms with E-state index in [2.05, 4.69) is 16.0 Å². The van der Waals surface area contributed by atoms with Crippen molar-refractivity contribution in [3.8, 4) is 23.2 Å². The van der Waals surface area contributed by atoms with Crippen molar-refractivity contribution in [3.05, 3.63) is 97.1 Å². The van der Waals surface area contributed by atoms with Crippen LogP contribution in [0.3, 0.4) is 0 Å². The molecule has 0 aliphatic rings. The van der Waals surface area contributed by atoms with Gasteiger partial charge in [-0.15, -0.1) is 0 Å². The first-order valence-corrected chi connectivity index (χ1v) is 9.82. The van der Waals surface area contributed by atoms with Crippen molar-refractivity contribution in [1.82, 2.24) is 14.5 Å². The minimum Gasteiger partial charge on any atom is -0.506 e. The number of pyridine rings is 2. The van der Waals surface area contributed by atoms with Gasteiger partial charge in [-0.1, -0.05) is 36.4 Å². The first-order chi connectivity index (χ1) is 16.1. The molecule has 3 aromatic heterocycles. The first kappa shape index (κ1) is 15.5. The topological polar surface area (TPSA) is 60.2 Å². The van der Waals surface area contributed by atoms with Gasteiger partial charge in [-0.2, -0.15) is 0 Å². The fourth-order valence-corrected chi connectivity index (χ4v) is 3.92. The van der Waals surface area contributed by atoms with Gasteiger partial charge >= 0.3 is 0 Å². The zero-order chi connectivity index (χ0) is 22.5. The summed E-state index contributed by atoms with van der Waals surface area (Å²) in [6, 6.07) is 24.2. The predicted molar refractivity (Wildman–Crippen MR) is 122 cm³/mol. The summed E-state index contributed by atoms with van der Waals surface area (Å²) in [5.41, 5.74) is 2.22. The number of phenols is 1. The average Bonchev–Trinajstić information content (AvgIpc) is 3.14. The van der Waals surface area contributed by atoms with Crippen LogP contribution in [0.1, 0.15) is 2.74 Å². The number of ether oxygens (including phenoxy) is 1. The van der Waals surface area contributed by atoms with E-state index in [9.17, 15) is 5.11 Å². The summed E-state index contributed by atoms with van der Waals surface area (Å²) >= 11 is 0. The largest absolute Gasteiger partial charge is 0.506 e. The molecule has 0 aliphatic heterocycles. The molecule has 6 aromatic rings. The Morgan fingerprint density at radius 2 is 1.77 bits per heavy atom. The minimum absolute atomic E-state index is 0.0364. The second kappa shape index (κ2) is 6.85. The van der Waals surface area contributed by atoms with Crippen molar-refractivity contribution in [1.29, 1.82) is 0 Å². The van der Waals surface area contributed by atoms with Gasteiger partial charge < -0.3 is 9.84 Å². The van der Waals surface area contributed by atoms with Crippen molar-refractivity contribution in [2.75, 3.05) is 0 Å². The van der Waals surface area contributed by atoms with Gasteiger partial charge in [-0.3, -0.25) is 4.57 Å². The van der Waals surface area contributed by atoms with E-state index in [0.717, 1.165) is 21.8 Å². The molecule has 0 saturated carbocycles. The molecule has 0 radical (unpaired) electrons. The van der Waals surface area contributed by atoms with Crippen LogP contribution in [0.2, 0.25) is 0 Å². The number of para-hydroxylation sites is 2. The summed E-state index contributed by atoms with van der Waals surface area (Å²) in [4.78, 5) is 8.87. The Morgan fingerprint density at radius 1 is 0.871 bits per heavy atom. The molecule has 5 nitrogen and oxygen atoms in total. The summed E-state index contributed by atoms with van der Waals surface area (Å²) < 4.78 is 24.4. The van der Waals surface area contributed by atoms with Crippen LogP contribution < -0.4 is 4.74 Å². The first-order valence-electron chi connectivity index (χ1n) is 10.8. The molecule has 5 heteroatoms. The molecule has 148 valence electrons. The summed E-state index contributed by atoms with van der Waals surface area (Å²) in [6.07, 6.45) is 1.62. The zero-order valence-corrected chi connectivity index (χ0v) is 16.3. The number of benzene rings is 3. The molecular formula is C26H17N3O2. The molecule has 3 aromatic carbocycles. The van der Waals surface area contributed by atoms with Crippen LogP contribution in [-0.2, 0) is 0 Å². The summed E-state index contributed by atoms with van der Waals surface area (Å²) in [7, 11) is 0.